The summed E-state index contributed by atoms with van der Waals surface area (Å²) in [5.74, 6) is 0.434. The van der Waals surface area contributed by atoms with E-state index in [9.17, 15) is 4.79 Å². The van der Waals surface area contributed by atoms with Gasteiger partial charge < -0.3 is 15.0 Å². The van der Waals surface area contributed by atoms with Crippen LogP contribution in [0.4, 0.5) is 5.13 Å². The maximum Gasteiger partial charge on any atom is 0.357 e. The Labute approximate surface area is 118 Å². The molecule has 106 valence electrons. The summed E-state index contributed by atoms with van der Waals surface area (Å²) in [5.41, 5.74) is 0.384. The molecule has 0 unspecified atom stereocenters. The van der Waals surface area contributed by atoms with Gasteiger partial charge in [-0.3, -0.25) is 0 Å². The van der Waals surface area contributed by atoms with Crippen LogP contribution >= 0.6 is 11.3 Å². The van der Waals surface area contributed by atoms with Gasteiger partial charge in [-0.05, 0) is 45.3 Å². The van der Waals surface area contributed by atoms with Gasteiger partial charge in [0.25, 0.3) is 0 Å². The van der Waals surface area contributed by atoms with E-state index in [1.165, 1.54) is 50.8 Å². The first-order valence-corrected chi connectivity index (χ1v) is 7.53. The molecular formula is C13H21N3O2S. The van der Waals surface area contributed by atoms with Gasteiger partial charge in [-0.1, -0.05) is 0 Å². The minimum atomic E-state index is -0.375. The lowest BCUT2D eigenvalue weighted by Crippen LogP contribution is -2.30. The molecule has 2 heterocycles. The van der Waals surface area contributed by atoms with Crippen molar-refractivity contribution in [1.82, 2.24) is 9.88 Å². The van der Waals surface area contributed by atoms with Gasteiger partial charge in [0, 0.05) is 11.9 Å². The monoisotopic (exact) mass is 283 g/mol. The molecule has 1 N–H and O–H groups in total. The third kappa shape index (κ3) is 4.18. The maximum absolute atomic E-state index is 11.3. The fourth-order valence-corrected chi connectivity index (χ4v) is 3.00. The van der Waals surface area contributed by atoms with Crippen molar-refractivity contribution >= 4 is 22.4 Å². The van der Waals surface area contributed by atoms with Gasteiger partial charge in [0.15, 0.2) is 10.8 Å². The van der Waals surface area contributed by atoms with Gasteiger partial charge in [-0.25, -0.2) is 9.78 Å². The largest absolute Gasteiger partial charge is 0.464 e. The van der Waals surface area contributed by atoms with Gasteiger partial charge in [-0.15, -0.1) is 11.3 Å². The van der Waals surface area contributed by atoms with Crippen molar-refractivity contribution in [3.63, 3.8) is 0 Å². The minimum absolute atomic E-state index is 0.375. The second-order valence-electron chi connectivity index (χ2n) is 4.99. The van der Waals surface area contributed by atoms with Crippen LogP contribution in [0.25, 0.3) is 0 Å². The lowest BCUT2D eigenvalue weighted by molar-refractivity contribution is 0.0595. The molecule has 1 aromatic rings. The number of esters is 1. The Morgan fingerprint density at radius 3 is 3.00 bits per heavy atom. The summed E-state index contributed by atoms with van der Waals surface area (Å²) < 4.78 is 4.63. The lowest BCUT2D eigenvalue weighted by atomic mass is 9.94. The SMILES string of the molecule is COC(=O)c1csc(NCCC2CCN(C)CC2)n1. The molecule has 1 aromatic heterocycles. The topological polar surface area (TPSA) is 54.5 Å². The second-order valence-corrected chi connectivity index (χ2v) is 5.85. The number of nitrogens with zero attached hydrogens (tertiary/aromatic N) is 2. The Morgan fingerprint density at radius 2 is 2.32 bits per heavy atom. The number of anilines is 1. The predicted molar refractivity (Wildman–Crippen MR) is 76.8 cm³/mol. The second kappa shape index (κ2) is 6.86. The molecule has 0 spiro atoms. The standard InChI is InChI=1S/C13H21N3O2S/c1-16-7-4-10(5-8-16)3-6-14-13-15-11(9-19-13)12(17)18-2/h9-10H,3-8H2,1-2H3,(H,14,15). The number of likely N-dealkylation sites (tertiary alicyclic amines) is 1. The van der Waals surface area contributed by atoms with Crippen molar-refractivity contribution < 1.29 is 9.53 Å². The summed E-state index contributed by atoms with van der Waals surface area (Å²) in [6, 6.07) is 0. The van der Waals surface area contributed by atoms with E-state index in [2.05, 4.69) is 27.0 Å². The zero-order chi connectivity index (χ0) is 13.7. The molecule has 1 saturated heterocycles. The molecule has 0 saturated carbocycles. The van der Waals surface area contributed by atoms with Gasteiger partial charge >= 0.3 is 5.97 Å². The summed E-state index contributed by atoms with van der Waals surface area (Å²) in [7, 11) is 3.55. The number of rotatable bonds is 5. The molecule has 5 nitrogen and oxygen atoms in total. The number of carbonyl (C=O) groups is 1. The molecular weight excluding hydrogens is 262 g/mol. The normalized spacial score (nSPS) is 17.4. The third-order valence-corrected chi connectivity index (χ3v) is 4.37. The lowest BCUT2D eigenvalue weighted by Gasteiger charge is -2.28. The molecule has 0 amide bonds. The van der Waals surface area contributed by atoms with E-state index in [4.69, 9.17) is 0 Å². The van der Waals surface area contributed by atoms with E-state index in [1.807, 2.05) is 0 Å². The number of carbonyl (C=O) groups excluding carboxylic acids is 1. The fraction of sp³-hybridized carbons (Fsp3) is 0.692. The van der Waals surface area contributed by atoms with Crippen molar-refractivity contribution in [2.24, 2.45) is 5.92 Å². The van der Waals surface area contributed by atoms with Crippen LogP contribution in [0.2, 0.25) is 0 Å². The van der Waals surface area contributed by atoms with Crippen LogP contribution in [0.5, 0.6) is 0 Å². The third-order valence-electron chi connectivity index (χ3n) is 3.57. The van der Waals surface area contributed by atoms with Crippen molar-refractivity contribution in [2.45, 2.75) is 19.3 Å². The van der Waals surface area contributed by atoms with Crippen LogP contribution in [0.15, 0.2) is 5.38 Å². The first kappa shape index (κ1) is 14.3. The van der Waals surface area contributed by atoms with Crippen LogP contribution in [-0.4, -0.2) is 49.6 Å². The molecule has 0 bridgehead atoms. The number of ether oxygens (including phenoxy) is 1. The van der Waals surface area contributed by atoms with E-state index in [-0.39, 0.29) is 5.97 Å². The molecule has 0 aliphatic carbocycles. The van der Waals surface area contributed by atoms with Gasteiger partial charge in [0.2, 0.25) is 0 Å². The summed E-state index contributed by atoms with van der Waals surface area (Å²) in [5, 5.41) is 5.81. The van der Waals surface area contributed by atoms with Crippen LogP contribution in [0, 0.1) is 5.92 Å². The Kier molecular flexibility index (Phi) is 5.15. The quantitative estimate of drug-likeness (QED) is 0.838. The van der Waals surface area contributed by atoms with Gasteiger partial charge in [0.1, 0.15) is 0 Å². The molecule has 0 radical (unpaired) electrons. The van der Waals surface area contributed by atoms with Gasteiger partial charge in [-0.2, -0.15) is 0 Å². The van der Waals surface area contributed by atoms with Crippen LogP contribution in [0.1, 0.15) is 29.8 Å². The zero-order valence-corrected chi connectivity index (χ0v) is 12.3. The summed E-state index contributed by atoms with van der Waals surface area (Å²) in [6.45, 7) is 3.32. The fourth-order valence-electron chi connectivity index (χ4n) is 2.29. The van der Waals surface area contributed by atoms with E-state index >= 15 is 0 Å². The number of hydrogen-bond donors (Lipinski definition) is 1. The molecule has 6 heteroatoms. The average molecular weight is 283 g/mol. The Hall–Kier alpha value is -1.14. The first-order chi connectivity index (χ1) is 9.19. The van der Waals surface area contributed by atoms with Crippen molar-refractivity contribution in [1.29, 1.82) is 0 Å². The van der Waals surface area contributed by atoms with Crippen molar-refractivity contribution in [3.8, 4) is 0 Å². The number of piperidine rings is 1. The average Bonchev–Trinajstić information content (AvgIpc) is 2.89. The molecule has 19 heavy (non-hydrogen) atoms. The maximum atomic E-state index is 11.3. The van der Waals surface area contributed by atoms with Crippen LogP contribution < -0.4 is 5.32 Å². The highest BCUT2D eigenvalue weighted by Crippen LogP contribution is 2.21. The predicted octanol–water partition coefficient (Wildman–Crippen LogP) is 2.07. The summed E-state index contributed by atoms with van der Waals surface area (Å²) >= 11 is 1.45. The highest BCUT2D eigenvalue weighted by Gasteiger charge is 2.16. The highest BCUT2D eigenvalue weighted by molar-refractivity contribution is 7.13. The number of nitrogens with one attached hydrogen (secondary N) is 1. The van der Waals surface area contributed by atoms with E-state index < -0.39 is 0 Å². The molecule has 0 atom stereocenters. The molecule has 1 aliphatic rings. The van der Waals surface area contributed by atoms with Crippen molar-refractivity contribution in [3.05, 3.63) is 11.1 Å². The van der Waals surface area contributed by atoms with Gasteiger partial charge in [0.05, 0.1) is 7.11 Å². The van der Waals surface area contributed by atoms with Crippen LogP contribution in [0.3, 0.4) is 0 Å². The Morgan fingerprint density at radius 1 is 1.58 bits per heavy atom. The zero-order valence-electron chi connectivity index (χ0n) is 11.5. The number of aromatic nitrogens is 1. The first-order valence-electron chi connectivity index (χ1n) is 6.65. The Balaban J connectivity index is 1.71. The minimum Gasteiger partial charge on any atom is -0.464 e. The van der Waals surface area contributed by atoms with Crippen molar-refractivity contribution in [2.75, 3.05) is 39.1 Å². The molecule has 2 rings (SSSR count). The van der Waals surface area contributed by atoms with E-state index in [1.54, 1.807) is 5.38 Å². The summed E-state index contributed by atoms with van der Waals surface area (Å²) in [4.78, 5) is 17.9. The number of methoxy groups -OCH3 is 1. The highest BCUT2D eigenvalue weighted by atomic mass is 32.1. The smallest absolute Gasteiger partial charge is 0.357 e. The van der Waals surface area contributed by atoms with E-state index in [0.29, 0.717) is 5.69 Å². The van der Waals surface area contributed by atoms with E-state index in [0.717, 1.165) is 17.6 Å². The molecule has 0 aromatic carbocycles. The number of thiazole rings is 1. The van der Waals surface area contributed by atoms with Crippen LogP contribution in [-0.2, 0) is 4.74 Å². The number of hydrogen-bond acceptors (Lipinski definition) is 6. The Bertz CT molecular complexity index is 414. The molecule has 1 aliphatic heterocycles. The summed E-state index contributed by atoms with van der Waals surface area (Å²) in [6.07, 6.45) is 3.73. The molecule has 1 fully saturated rings.